The van der Waals surface area contributed by atoms with Gasteiger partial charge in [0.25, 0.3) is 11.7 Å². The number of anilines is 1. The first-order chi connectivity index (χ1) is 13.1. The van der Waals surface area contributed by atoms with Crippen LogP contribution in [0.3, 0.4) is 0 Å². The topological polar surface area (TPSA) is 75.9 Å². The van der Waals surface area contributed by atoms with Crippen molar-refractivity contribution < 1.29 is 9.53 Å². The largest absolute Gasteiger partial charge is 0.496 e. The van der Waals surface area contributed by atoms with Crippen LogP contribution in [0.2, 0.25) is 0 Å². The summed E-state index contributed by atoms with van der Waals surface area (Å²) in [6.45, 7) is 6.64. The van der Waals surface area contributed by atoms with E-state index in [0.717, 1.165) is 30.4 Å². The highest BCUT2D eigenvalue weighted by atomic mass is 16.5. The van der Waals surface area contributed by atoms with Crippen LogP contribution >= 0.6 is 0 Å². The molecule has 3 heterocycles. The number of para-hydroxylation sites is 1. The second kappa shape index (κ2) is 6.86. The fourth-order valence-electron chi connectivity index (χ4n) is 3.51. The summed E-state index contributed by atoms with van der Waals surface area (Å²) in [7, 11) is 1.58. The molecule has 0 unspecified atom stereocenters. The van der Waals surface area contributed by atoms with E-state index >= 15 is 0 Å². The van der Waals surface area contributed by atoms with Crippen LogP contribution in [0.5, 0.6) is 5.75 Å². The van der Waals surface area contributed by atoms with Crippen molar-refractivity contribution in [3.05, 3.63) is 47.4 Å². The van der Waals surface area contributed by atoms with E-state index in [1.807, 2.05) is 47.4 Å². The third-order valence-corrected chi connectivity index (χ3v) is 4.94. The molecule has 0 saturated carbocycles. The zero-order chi connectivity index (χ0) is 19.0. The number of carbonyl (C=O) groups is 1. The molecule has 4 rings (SSSR count). The van der Waals surface area contributed by atoms with Crippen LogP contribution in [0, 0.1) is 13.8 Å². The Morgan fingerprint density at radius 3 is 2.56 bits per heavy atom. The number of benzene rings is 1. The minimum absolute atomic E-state index is 0.000210. The van der Waals surface area contributed by atoms with Crippen LogP contribution in [0.15, 0.2) is 30.3 Å². The average Bonchev–Trinajstić information content (AvgIpc) is 3.09. The first-order valence-electron chi connectivity index (χ1n) is 8.95. The summed E-state index contributed by atoms with van der Waals surface area (Å²) >= 11 is 0. The molecule has 1 aromatic carbocycles. The molecule has 2 aromatic heterocycles. The van der Waals surface area contributed by atoms with Crippen LogP contribution in [-0.2, 0) is 0 Å². The number of fused-ring (bicyclic) bond motifs is 1. The van der Waals surface area contributed by atoms with Gasteiger partial charge in [0, 0.05) is 37.9 Å². The highest BCUT2D eigenvalue weighted by Crippen LogP contribution is 2.22. The smallest absolute Gasteiger partial charge is 0.257 e. The lowest BCUT2D eigenvalue weighted by Crippen LogP contribution is -2.49. The molecule has 1 aliphatic heterocycles. The van der Waals surface area contributed by atoms with E-state index < -0.39 is 0 Å². The summed E-state index contributed by atoms with van der Waals surface area (Å²) in [5.41, 5.74) is 1.65. The van der Waals surface area contributed by atoms with Gasteiger partial charge < -0.3 is 14.5 Å². The Morgan fingerprint density at radius 2 is 1.81 bits per heavy atom. The summed E-state index contributed by atoms with van der Waals surface area (Å²) in [4.78, 5) is 21.5. The maximum Gasteiger partial charge on any atom is 0.257 e. The summed E-state index contributed by atoms with van der Waals surface area (Å²) in [5.74, 6) is 2.91. The van der Waals surface area contributed by atoms with Gasteiger partial charge in [0.2, 0.25) is 0 Å². The number of hydrogen-bond donors (Lipinski definition) is 0. The molecule has 0 bridgehead atoms. The molecule has 27 heavy (non-hydrogen) atoms. The number of aromatic nitrogens is 4. The molecule has 1 saturated heterocycles. The fraction of sp³-hybridized carbons (Fsp3) is 0.368. The molecular weight excluding hydrogens is 344 g/mol. The normalized spacial score (nSPS) is 14.6. The molecule has 1 amide bonds. The van der Waals surface area contributed by atoms with E-state index in [4.69, 9.17) is 4.74 Å². The van der Waals surface area contributed by atoms with Crippen molar-refractivity contribution in [1.29, 1.82) is 0 Å². The average molecular weight is 366 g/mol. The Morgan fingerprint density at radius 1 is 1.07 bits per heavy atom. The molecule has 3 aromatic rings. The van der Waals surface area contributed by atoms with Crippen LogP contribution in [-0.4, -0.2) is 63.7 Å². The van der Waals surface area contributed by atoms with E-state index in [-0.39, 0.29) is 5.91 Å². The van der Waals surface area contributed by atoms with Gasteiger partial charge in [0.1, 0.15) is 17.4 Å². The zero-order valence-corrected chi connectivity index (χ0v) is 15.7. The summed E-state index contributed by atoms with van der Waals surface area (Å²) in [6.07, 6.45) is 0. The number of nitrogens with zero attached hydrogens (tertiary/aromatic N) is 6. The lowest BCUT2D eigenvalue weighted by atomic mass is 10.1. The number of hydrogen-bond acceptors (Lipinski definition) is 6. The first kappa shape index (κ1) is 17.3. The summed E-state index contributed by atoms with van der Waals surface area (Å²) < 4.78 is 7.26. The van der Waals surface area contributed by atoms with Gasteiger partial charge in [0.15, 0.2) is 0 Å². The number of piperazine rings is 1. The monoisotopic (exact) mass is 366 g/mol. The van der Waals surface area contributed by atoms with E-state index in [1.54, 1.807) is 13.2 Å². The van der Waals surface area contributed by atoms with Gasteiger partial charge in [-0.25, -0.2) is 0 Å². The molecular formula is C19H22N6O2. The predicted octanol–water partition coefficient (Wildman–Crippen LogP) is 1.71. The Bertz CT molecular complexity index is 991. The maximum atomic E-state index is 12.8. The Kier molecular flexibility index (Phi) is 4.39. The molecule has 0 spiro atoms. The van der Waals surface area contributed by atoms with Gasteiger partial charge in [0.05, 0.1) is 12.7 Å². The van der Waals surface area contributed by atoms with Crippen molar-refractivity contribution in [1.82, 2.24) is 24.5 Å². The SMILES string of the molecule is COc1ccccc1C(=O)N1CCN(c2cc(C)n3c(C)nnc3n2)CC1. The van der Waals surface area contributed by atoms with Crippen molar-refractivity contribution in [3.63, 3.8) is 0 Å². The third-order valence-electron chi connectivity index (χ3n) is 4.94. The highest BCUT2D eigenvalue weighted by Gasteiger charge is 2.25. The Hall–Kier alpha value is -3.16. The van der Waals surface area contributed by atoms with Crippen molar-refractivity contribution in [2.24, 2.45) is 0 Å². The molecule has 8 nitrogen and oxygen atoms in total. The maximum absolute atomic E-state index is 12.8. The van der Waals surface area contributed by atoms with E-state index in [9.17, 15) is 4.79 Å². The first-order valence-corrected chi connectivity index (χ1v) is 8.95. The number of carbonyl (C=O) groups excluding carboxylic acids is 1. The molecule has 0 atom stereocenters. The third kappa shape index (κ3) is 3.07. The minimum atomic E-state index is -0.000210. The van der Waals surface area contributed by atoms with Gasteiger partial charge in [-0.05, 0) is 26.0 Å². The highest BCUT2D eigenvalue weighted by molar-refractivity contribution is 5.97. The van der Waals surface area contributed by atoms with E-state index in [1.165, 1.54) is 0 Å². The number of amides is 1. The number of rotatable bonds is 3. The molecule has 0 aliphatic carbocycles. The standard InChI is InChI=1S/C19H22N6O2/c1-13-12-17(20-19-22-21-14(2)25(13)19)23-8-10-24(11-9-23)18(26)15-6-4-5-7-16(15)27-3/h4-7,12H,8-11H2,1-3H3. The number of ether oxygens (including phenoxy) is 1. The molecule has 8 heteroatoms. The van der Waals surface area contributed by atoms with Crippen LogP contribution < -0.4 is 9.64 Å². The minimum Gasteiger partial charge on any atom is -0.496 e. The fourth-order valence-corrected chi connectivity index (χ4v) is 3.51. The molecule has 1 aliphatic rings. The molecule has 0 radical (unpaired) electrons. The molecule has 0 N–H and O–H groups in total. The molecule has 140 valence electrons. The second-order valence-corrected chi connectivity index (χ2v) is 6.62. The summed E-state index contributed by atoms with van der Waals surface area (Å²) in [6, 6.07) is 9.38. The quantitative estimate of drug-likeness (QED) is 0.702. The lowest BCUT2D eigenvalue weighted by Gasteiger charge is -2.35. The van der Waals surface area contributed by atoms with Crippen LogP contribution in [0.25, 0.3) is 5.78 Å². The van der Waals surface area contributed by atoms with Crippen molar-refractivity contribution in [3.8, 4) is 5.75 Å². The zero-order valence-electron chi connectivity index (χ0n) is 15.7. The lowest BCUT2D eigenvalue weighted by molar-refractivity contribution is 0.0743. The number of aryl methyl sites for hydroxylation is 2. The van der Waals surface area contributed by atoms with Crippen LogP contribution in [0.4, 0.5) is 5.82 Å². The van der Waals surface area contributed by atoms with Crippen molar-refractivity contribution in [2.75, 3.05) is 38.2 Å². The van der Waals surface area contributed by atoms with Crippen LogP contribution in [0.1, 0.15) is 21.9 Å². The van der Waals surface area contributed by atoms with Gasteiger partial charge >= 0.3 is 0 Å². The predicted molar refractivity (Wildman–Crippen MR) is 101 cm³/mol. The van der Waals surface area contributed by atoms with Crippen molar-refractivity contribution in [2.45, 2.75) is 13.8 Å². The summed E-state index contributed by atoms with van der Waals surface area (Å²) in [5, 5.41) is 8.23. The molecule has 1 fully saturated rings. The van der Waals surface area contributed by atoms with Gasteiger partial charge in [-0.1, -0.05) is 12.1 Å². The Labute approximate surface area is 157 Å². The van der Waals surface area contributed by atoms with Gasteiger partial charge in [-0.15, -0.1) is 10.2 Å². The van der Waals surface area contributed by atoms with Gasteiger partial charge in [-0.3, -0.25) is 9.20 Å². The van der Waals surface area contributed by atoms with Gasteiger partial charge in [-0.2, -0.15) is 4.98 Å². The number of methoxy groups -OCH3 is 1. The van der Waals surface area contributed by atoms with Crippen molar-refractivity contribution >= 4 is 17.5 Å². The Balaban J connectivity index is 1.50. The van der Waals surface area contributed by atoms with E-state index in [2.05, 4.69) is 20.1 Å². The van der Waals surface area contributed by atoms with E-state index in [0.29, 0.717) is 30.2 Å². The second-order valence-electron chi connectivity index (χ2n) is 6.62.